The van der Waals surface area contributed by atoms with Crippen LogP contribution in [0, 0.1) is 22.7 Å². The van der Waals surface area contributed by atoms with Gasteiger partial charge < -0.3 is 14.6 Å². The maximum absolute atomic E-state index is 13.3. The fourth-order valence-electron chi connectivity index (χ4n) is 5.95. The molecule has 1 saturated carbocycles. The highest BCUT2D eigenvalue weighted by Crippen LogP contribution is 2.61. The van der Waals surface area contributed by atoms with E-state index in [1.54, 1.807) is 21.0 Å². The number of rotatable bonds is 4. The third-order valence-electron chi connectivity index (χ3n) is 7.32. The van der Waals surface area contributed by atoms with E-state index in [4.69, 9.17) is 9.47 Å². The van der Waals surface area contributed by atoms with Gasteiger partial charge in [-0.05, 0) is 31.1 Å². The normalized spacial score (nSPS) is 35.0. The van der Waals surface area contributed by atoms with E-state index in [9.17, 15) is 19.5 Å². The van der Waals surface area contributed by atoms with E-state index in [1.807, 2.05) is 6.92 Å². The van der Waals surface area contributed by atoms with Crippen LogP contribution in [0.3, 0.4) is 0 Å². The smallest absolute Gasteiger partial charge is 0.302 e. The van der Waals surface area contributed by atoms with Crippen molar-refractivity contribution in [2.75, 3.05) is 13.7 Å². The predicted octanol–water partition coefficient (Wildman–Crippen LogP) is 3.70. The Kier molecular flexibility index (Phi) is 5.54. The summed E-state index contributed by atoms with van der Waals surface area (Å²) in [7, 11) is 1.56. The molecule has 0 spiro atoms. The molecule has 0 aromatic rings. The van der Waals surface area contributed by atoms with Gasteiger partial charge in [-0.1, -0.05) is 34.1 Å². The molecule has 0 aromatic carbocycles. The van der Waals surface area contributed by atoms with Gasteiger partial charge in [0.1, 0.15) is 5.76 Å². The zero-order valence-electron chi connectivity index (χ0n) is 18.3. The molecule has 3 aliphatic carbocycles. The van der Waals surface area contributed by atoms with Crippen molar-refractivity contribution in [3.63, 3.8) is 0 Å². The van der Waals surface area contributed by atoms with Crippen molar-refractivity contribution in [3.8, 4) is 0 Å². The van der Waals surface area contributed by atoms with Gasteiger partial charge in [-0.15, -0.1) is 0 Å². The van der Waals surface area contributed by atoms with Crippen LogP contribution in [0.4, 0.5) is 0 Å². The molecule has 0 aromatic heterocycles. The second kappa shape index (κ2) is 7.38. The van der Waals surface area contributed by atoms with Gasteiger partial charge in [0.15, 0.2) is 0 Å². The molecule has 4 atom stereocenters. The number of hydrogen-bond donors (Lipinski definition) is 1. The van der Waals surface area contributed by atoms with Crippen LogP contribution in [0.1, 0.15) is 60.3 Å². The fraction of sp³-hybridized carbons (Fsp3) is 0.696. The van der Waals surface area contributed by atoms with Crippen molar-refractivity contribution >= 4 is 17.5 Å². The molecule has 0 unspecified atom stereocenters. The number of ether oxygens (including phenoxy) is 2. The van der Waals surface area contributed by atoms with Crippen LogP contribution in [0.2, 0.25) is 0 Å². The summed E-state index contributed by atoms with van der Waals surface area (Å²) < 4.78 is 11.1. The summed E-state index contributed by atoms with van der Waals surface area (Å²) in [6.45, 7) is 9.36. The van der Waals surface area contributed by atoms with Gasteiger partial charge in [-0.25, -0.2) is 0 Å². The van der Waals surface area contributed by atoms with Crippen molar-refractivity contribution < 1.29 is 29.0 Å². The summed E-state index contributed by atoms with van der Waals surface area (Å²) >= 11 is 0. The molecular formula is C23H32O6. The molecule has 160 valence electrons. The lowest BCUT2D eigenvalue weighted by atomic mass is 9.48. The number of hydrogen-bond acceptors (Lipinski definition) is 6. The average Bonchev–Trinajstić information content (AvgIpc) is 2.63. The summed E-state index contributed by atoms with van der Waals surface area (Å²) in [5.74, 6) is -1.82. The molecule has 0 bridgehead atoms. The highest BCUT2D eigenvalue weighted by molar-refractivity contribution is 6.50. The Morgan fingerprint density at radius 1 is 1.21 bits per heavy atom. The minimum absolute atomic E-state index is 0.0167. The third-order valence-corrected chi connectivity index (χ3v) is 7.32. The molecule has 6 nitrogen and oxygen atoms in total. The highest BCUT2D eigenvalue weighted by Gasteiger charge is 2.59. The second-order valence-corrected chi connectivity index (χ2v) is 9.58. The Labute approximate surface area is 172 Å². The fourth-order valence-corrected chi connectivity index (χ4v) is 5.95. The standard InChI is InChI=1S/C23H32O6/c1-12(2)16-19(25)17-14(28-6)10-15-22(4,11-29-13(3)24)8-7-9-23(15,5)18(17)21(27)20(16)26/h12,14-15,25H,7-11H2,1-6H3/t14-,15+,22-,23+/m1/s1. The van der Waals surface area contributed by atoms with Gasteiger partial charge in [-0.3, -0.25) is 14.4 Å². The monoisotopic (exact) mass is 404 g/mol. The molecule has 3 aliphatic rings. The van der Waals surface area contributed by atoms with Gasteiger partial charge in [0, 0.05) is 41.6 Å². The second-order valence-electron chi connectivity index (χ2n) is 9.58. The lowest BCUT2D eigenvalue weighted by molar-refractivity contribution is -0.151. The molecule has 0 heterocycles. The van der Waals surface area contributed by atoms with E-state index in [2.05, 4.69) is 6.92 Å². The van der Waals surface area contributed by atoms with E-state index < -0.39 is 23.1 Å². The minimum atomic E-state index is -0.611. The van der Waals surface area contributed by atoms with Crippen molar-refractivity contribution in [2.24, 2.45) is 22.7 Å². The Morgan fingerprint density at radius 2 is 1.86 bits per heavy atom. The molecule has 0 aliphatic heterocycles. The Balaban J connectivity index is 2.19. The number of Topliss-reactive ketones (excluding diaryl/α,β-unsaturated/α-hetero) is 2. The van der Waals surface area contributed by atoms with Crippen LogP contribution in [-0.4, -0.2) is 42.5 Å². The number of allylic oxidation sites excluding steroid dienone is 2. The quantitative estimate of drug-likeness (QED) is 0.437. The first-order valence-corrected chi connectivity index (χ1v) is 10.4. The number of esters is 1. The van der Waals surface area contributed by atoms with E-state index in [0.717, 1.165) is 19.3 Å². The first-order chi connectivity index (χ1) is 13.5. The molecule has 1 fully saturated rings. The largest absolute Gasteiger partial charge is 0.507 e. The number of aliphatic hydroxyl groups is 1. The maximum atomic E-state index is 13.3. The van der Waals surface area contributed by atoms with Crippen molar-refractivity contribution in [3.05, 3.63) is 22.5 Å². The van der Waals surface area contributed by atoms with Gasteiger partial charge in [0.2, 0.25) is 11.6 Å². The van der Waals surface area contributed by atoms with Crippen LogP contribution in [0.5, 0.6) is 0 Å². The van der Waals surface area contributed by atoms with E-state index in [0.29, 0.717) is 17.6 Å². The van der Waals surface area contributed by atoms with Crippen molar-refractivity contribution in [2.45, 2.75) is 66.4 Å². The molecule has 6 heteroatoms. The Morgan fingerprint density at radius 3 is 2.41 bits per heavy atom. The Hall–Kier alpha value is -1.95. The number of carbonyl (C=O) groups is 3. The number of fused-ring (bicyclic) bond motifs is 2. The van der Waals surface area contributed by atoms with Crippen molar-refractivity contribution in [1.29, 1.82) is 0 Å². The maximum Gasteiger partial charge on any atom is 0.302 e. The van der Waals surface area contributed by atoms with E-state index >= 15 is 0 Å². The summed E-state index contributed by atoms with van der Waals surface area (Å²) in [5, 5.41) is 11.0. The van der Waals surface area contributed by atoms with Gasteiger partial charge in [0.25, 0.3) is 0 Å². The van der Waals surface area contributed by atoms with Gasteiger partial charge >= 0.3 is 5.97 Å². The van der Waals surface area contributed by atoms with Crippen LogP contribution >= 0.6 is 0 Å². The summed E-state index contributed by atoms with van der Waals surface area (Å²) in [6, 6.07) is 0. The lowest BCUT2D eigenvalue weighted by Gasteiger charge is -2.57. The Bertz CT molecular complexity index is 819. The molecule has 0 radical (unpaired) electrons. The molecule has 0 saturated heterocycles. The third kappa shape index (κ3) is 3.25. The summed E-state index contributed by atoms with van der Waals surface area (Å²) in [6.07, 6.45) is 2.57. The van der Waals surface area contributed by atoms with Crippen LogP contribution < -0.4 is 0 Å². The average molecular weight is 405 g/mol. The molecule has 1 N–H and O–H groups in total. The topological polar surface area (TPSA) is 89.9 Å². The lowest BCUT2D eigenvalue weighted by Crippen LogP contribution is -2.55. The SMILES string of the molecule is CO[C@@H]1C[C@H]2[C@@](C)(COC(C)=O)CCC[C@]2(C)C2=C1C(O)=C(C(C)C)C(=O)C2=O. The first kappa shape index (κ1) is 21.8. The zero-order chi connectivity index (χ0) is 21.7. The number of methoxy groups -OCH3 is 1. The van der Waals surface area contributed by atoms with Crippen LogP contribution in [0.15, 0.2) is 22.5 Å². The van der Waals surface area contributed by atoms with E-state index in [1.165, 1.54) is 6.92 Å². The molecule has 3 rings (SSSR count). The zero-order valence-corrected chi connectivity index (χ0v) is 18.3. The highest BCUT2D eigenvalue weighted by atomic mass is 16.5. The predicted molar refractivity (Wildman–Crippen MR) is 107 cm³/mol. The molecule has 29 heavy (non-hydrogen) atoms. The summed E-state index contributed by atoms with van der Waals surface area (Å²) in [5.41, 5.74) is 0.143. The first-order valence-electron chi connectivity index (χ1n) is 10.4. The molecular weight excluding hydrogens is 372 g/mol. The van der Waals surface area contributed by atoms with Crippen molar-refractivity contribution in [1.82, 2.24) is 0 Å². The van der Waals surface area contributed by atoms with Gasteiger partial charge in [0.05, 0.1) is 12.7 Å². The number of carbonyl (C=O) groups excluding carboxylic acids is 3. The number of ketones is 2. The van der Waals surface area contributed by atoms with Crippen LogP contribution in [-0.2, 0) is 23.9 Å². The minimum Gasteiger partial charge on any atom is -0.507 e. The molecule has 0 amide bonds. The van der Waals surface area contributed by atoms with Gasteiger partial charge in [-0.2, -0.15) is 0 Å². The van der Waals surface area contributed by atoms with Crippen LogP contribution in [0.25, 0.3) is 0 Å². The summed E-state index contributed by atoms with van der Waals surface area (Å²) in [4.78, 5) is 37.7. The number of aliphatic hydroxyl groups excluding tert-OH is 1. The van der Waals surface area contributed by atoms with E-state index in [-0.39, 0.29) is 41.2 Å².